The van der Waals surface area contributed by atoms with Crippen molar-refractivity contribution in [1.29, 1.82) is 0 Å². The first-order chi connectivity index (χ1) is 13.0. The summed E-state index contributed by atoms with van der Waals surface area (Å²) in [5.41, 5.74) is 1.21. The number of aryl methyl sites for hydroxylation is 2. The Morgan fingerprint density at radius 1 is 1.33 bits per heavy atom. The number of hydrogen-bond acceptors (Lipinski definition) is 6. The molecule has 0 spiro atoms. The zero-order chi connectivity index (χ0) is 19.0. The SMILES string of the molecule is Cn1nccc1CCC(=O)N1CC2CN(C(=O)c3cnsc3)CC2(CO)C1. The number of carbonyl (C=O) groups is 2. The summed E-state index contributed by atoms with van der Waals surface area (Å²) in [5, 5.41) is 15.9. The van der Waals surface area contributed by atoms with Gasteiger partial charge in [0, 0.05) is 68.3 Å². The van der Waals surface area contributed by atoms with Gasteiger partial charge in [0.05, 0.1) is 18.4 Å². The van der Waals surface area contributed by atoms with Crippen molar-refractivity contribution in [1.82, 2.24) is 24.0 Å². The number of likely N-dealkylation sites (tertiary alicyclic amines) is 2. The predicted octanol–water partition coefficient (Wildman–Crippen LogP) is 0.402. The van der Waals surface area contributed by atoms with Crippen LogP contribution in [0.5, 0.6) is 0 Å². The fourth-order valence-electron chi connectivity index (χ4n) is 4.28. The number of aromatic nitrogens is 3. The van der Waals surface area contributed by atoms with Crippen molar-refractivity contribution in [3.63, 3.8) is 0 Å². The fraction of sp³-hybridized carbons (Fsp3) is 0.556. The zero-order valence-corrected chi connectivity index (χ0v) is 16.1. The molecule has 2 fully saturated rings. The van der Waals surface area contributed by atoms with Crippen LogP contribution in [0.2, 0.25) is 0 Å². The average Bonchev–Trinajstić information content (AvgIpc) is 3.42. The molecule has 2 unspecified atom stereocenters. The van der Waals surface area contributed by atoms with Gasteiger partial charge in [-0.2, -0.15) is 5.10 Å². The molecule has 0 radical (unpaired) electrons. The topological polar surface area (TPSA) is 91.6 Å². The molecule has 2 aromatic rings. The molecule has 2 amide bonds. The quantitative estimate of drug-likeness (QED) is 0.799. The van der Waals surface area contributed by atoms with E-state index in [0.29, 0.717) is 44.6 Å². The third-order valence-electron chi connectivity index (χ3n) is 5.91. The molecular formula is C18H23N5O3S. The molecule has 27 heavy (non-hydrogen) atoms. The maximum atomic E-state index is 12.7. The number of rotatable bonds is 5. The first-order valence-corrected chi connectivity index (χ1v) is 9.90. The van der Waals surface area contributed by atoms with E-state index in [-0.39, 0.29) is 24.3 Å². The molecule has 4 heterocycles. The van der Waals surface area contributed by atoms with Gasteiger partial charge in [-0.25, -0.2) is 4.37 Å². The number of amides is 2. The van der Waals surface area contributed by atoms with Crippen LogP contribution in [-0.4, -0.2) is 73.7 Å². The molecule has 2 aliphatic heterocycles. The van der Waals surface area contributed by atoms with Crippen LogP contribution in [0.1, 0.15) is 22.5 Å². The van der Waals surface area contributed by atoms with Gasteiger partial charge in [0.15, 0.2) is 0 Å². The smallest absolute Gasteiger partial charge is 0.256 e. The van der Waals surface area contributed by atoms with Crippen molar-refractivity contribution in [2.75, 3.05) is 32.8 Å². The van der Waals surface area contributed by atoms with Gasteiger partial charge in [-0.3, -0.25) is 14.3 Å². The van der Waals surface area contributed by atoms with Crippen molar-refractivity contribution in [3.8, 4) is 0 Å². The number of aliphatic hydroxyl groups excluding tert-OH is 1. The Morgan fingerprint density at radius 2 is 2.11 bits per heavy atom. The maximum absolute atomic E-state index is 12.7. The number of carbonyl (C=O) groups excluding carboxylic acids is 2. The molecule has 9 heteroatoms. The summed E-state index contributed by atoms with van der Waals surface area (Å²) >= 11 is 1.26. The average molecular weight is 389 g/mol. The lowest BCUT2D eigenvalue weighted by Crippen LogP contribution is -2.40. The highest BCUT2D eigenvalue weighted by Crippen LogP contribution is 2.42. The van der Waals surface area contributed by atoms with E-state index in [4.69, 9.17) is 0 Å². The Labute approximate surface area is 161 Å². The second-order valence-electron chi connectivity index (χ2n) is 7.54. The Bertz CT molecular complexity index is 836. The van der Waals surface area contributed by atoms with Crippen LogP contribution in [0.15, 0.2) is 23.8 Å². The number of fused-ring (bicyclic) bond motifs is 1. The summed E-state index contributed by atoms with van der Waals surface area (Å²) in [6, 6.07) is 1.92. The maximum Gasteiger partial charge on any atom is 0.256 e. The van der Waals surface area contributed by atoms with E-state index in [1.165, 1.54) is 11.5 Å². The lowest BCUT2D eigenvalue weighted by atomic mass is 9.82. The number of hydrogen-bond donors (Lipinski definition) is 1. The van der Waals surface area contributed by atoms with Crippen LogP contribution in [0.25, 0.3) is 0 Å². The Kier molecular flexibility index (Phi) is 4.73. The van der Waals surface area contributed by atoms with Crippen LogP contribution in [0, 0.1) is 11.3 Å². The van der Waals surface area contributed by atoms with E-state index in [1.54, 1.807) is 27.4 Å². The molecule has 2 atom stereocenters. The van der Waals surface area contributed by atoms with E-state index >= 15 is 0 Å². The van der Waals surface area contributed by atoms with Gasteiger partial charge in [0.2, 0.25) is 5.91 Å². The van der Waals surface area contributed by atoms with Crippen LogP contribution in [-0.2, 0) is 18.3 Å². The Balaban J connectivity index is 1.38. The number of nitrogens with zero attached hydrogens (tertiary/aromatic N) is 5. The van der Waals surface area contributed by atoms with Crippen molar-refractivity contribution < 1.29 is 14.7 Å². The molecule has 2 aromatic heterocycles. The molecular weight excluding hydrogens is 366 g/mol. The molecule has 2 saturated heterocycles. The van der Waals surface area contributed by atoms with E-state index in [2.05, 4.69) is 9.47 Å². The van der Waals surface area contributed by atoms with Crippen molar-refractivity contribution >= 4 is 23.3 Å². The third-order valence-corrected chi connectivity index (χ3v) is 6.50. The first-order valence-electron chi connectivity index (χ1n) is 9.06. The summed E-state index contributed by atoms with van der Waals surface area (Å²) in [6.45, 7) is 2.13. The minimum absolute atomic E-state index is 0.0190. The fourth-order valence-corrected chi connectivity index (χ4v) is 4.79. The molecule has 0 aromatic carbocycles. The molecule has 144 valence electrons. The van der Waals surface area contributed by atoms with Gasteiger partial charge in [-0.05, 0) is 24.0 Å². The third kappa shape index (κ3) is 3.25. The van der Waals surface area contributed by atoms with Gasteiger partial charge < -0.3 is 14.9 Å². The molecule has 8 nitrogen and oxygen atoms in total. The van der Waals surface area contributed by atoms with E-state index < -0.39 is 5.41 Å². The van der Waals surface area contributed by atoms with Gasteiger partial charge in [-0.15, -0.1) is 0 Å². The van der Waals surface area contributed by atoms with Crippen LogP contribution in [0.3, 0.4) is 0 Å². The largest absolute Gasteiger partial charge is 0.396 e. The molecule has 4 rings (SSSR count). The van der Waals surface area contributed by atoms with Crippen LogP contribution >= 0.6 is 11.5 Å². The summed E-state index contributed by atoms with van der Waals surface area (Å²) in [4.78, 5) is 28.9. The molecule has 0 aliphatic carbocycles. The van der Waals surface area contributed by atoms with Gasteiger partial charge in [0.1, 0.15) is 0 Å². The van der Waals surface area contributed by atoms with Crippen molar-refractivity contribution in [2.24, 2.45) is 18.4 Å². The minimum Gasteiger partial charge on any atom is -0.396 e. The first kappa shape index (κ1) is 18.1. The second-order valence-corrected chi connectivity index (χ2v) is 8.19. The summed E-state index contributed by atoms with van der Waals surface area (Å²) in [7, 11) is 1.87. The highest BCUT2D eigenvalue weighted by atomic mass is 32.1. The minimum atomic E-state index is -0.415. The summed E-state index contributed by atoms with van der Waals surface area (Å²) in [5.74, 6) is 0.164. The molecule has 2 aliphatic rings. The van der Waals surface area contributed by atoms with Crippen molar-refractivity contribution in [3.05, 3.63) is 35.1 Å². The molecule has 0 bridgehead atoms. The van der Waals surface area contributed by atoms with Gasteiger partial charge in [0.25, 0.3) is 5.91 Å². The van der Waals surface area contributed by atoms with E-state index in [1.807, 2.05) is 18.0 Å². The Morgan fingerprint density at radius 3 is 2.74 bits per heavy atom. The monoisotopic (exact) mass is 389 g/mol. The van der Waals surface area contributed by atoms with E-state index in [0.717, 1.165) is 5.69 Å². The summed E-state index contributed by atoms with van der Waals surface area (Å²) in [6.07, 6.45) is 4.39. The lowest BCUT2D eigenvalue weighted by molar-refractivity contribution is -0.130. The van der Waals surface area contributed by atoms with Gasteiger partial charge in [-0.1, -0.05) is 0 Å². The molecule has 0 saturated carbocycles. The normalized spacial score (nSPS) is 24.4. The number of aliphatic hydroxyl groups is 1. The molecule has 1 N–H and O–H groups in total. The van der Waals surface area contributed by atoms with Crippen LogP contribution < -0.4 is 0 Å². The highest BCUT2D eigenvalue weighted by molar-refractivity contribution is 7.03. The predicted molar refractivity (Wildman–Crippen MR) is 99.1 cm³/mol. The van der Waals surface area contributed by atoms with E-state index in [9.17, 15) is 14.7 Å². The Hall–Kier alpha value is -2.26. The zero-order valence-electron chi connectivity index (χ0n) is 15.2. The van der Waals surface area contributed by atoms with Gasteiger partial charge >= 0.3 is 0 Å². The van der Waals surface area contributed by atoms with Crippen molar-refractivity contribution in [2.45, 2.75) is 12.8 Å². The lowest BCUT2D eigenvalue weighted by Gasteiger charge is -2.27. The highest BCUT2D eigenvalue weighted by Gasteiger charge is 2.54. The standard InChI is InChI=1S/C18H23N5O3S/c1-21-15(4-5-19-21)2-3-16(25)22-7-14-8-23(11-18(14,10-22)12-24)17(26)13-6-20-27-9-13/h4-6,9,14,24H,2-3,7-8,10-12H2,1H3. The van der Waals surface area contributed by atoms with Crippen LogP contribution in [0.4, 0.5) is 0 Å². The second kappa shape index (κ2) is 7.05. The summed E-state index contributed by atoms with van der Waals surface area (Å²) < 4.78 is 5.77.